The second-order valence-corrected chi connectivity index (χ2v) is 6.16. The lowest BCUT2D eigenvalue weighted by Gasteiger charge is -2.11. The van der Waals surface area contributed by atoms with Gasteiger partial charge in [0.15, 0.2) is 0 Å². The van der Waals surface area contributed by atoms with E-state index in [1.165, 1.54) is 5.56 Å². The van der Waals surface area contributed by atoms with Gasteiger partial charge in [-0.05, 0) is 43.6 Å². The second-order valence-electron chi connectivity index (χ2n) is 5.18. The van der Waals surface area contributed by atoms with Gasteiger partial charge in [0.25, 0.3) is 0 Å². The van der Waals surface area contributed by atoms with Crippen LogP contribution in [-0.2, 0) is 4.79 Å². The topological polar surface area (TPSA) is 77.2 Å². The van der Waals surface area contributed by atoms with Crippen LogP contribution in [0, 0.1) is 6.92 Å². The Bertz CT molecular complexity index is 629. The highest BCUT2D eigenvalue weighted by Crippen LogP contribution is 2.20. The first-order valence-corrected chi connectivity index (χ1v) is 8.74. The van der Waals surface area contributed by atoms with E-state index in [0.717, 1.165) is 11.5 Å². The highest BCUT2D eigenvalue weighted by molar-refractivity contribution is 7.98. The molecule has 3 N–H and O–H groups in total. The summed E-state index contributed by atoms with van der Waals surface area (Å²) in [5.41, 5.74) is 7.60. The van der Waals surface area contributed by atoms with Gasteiger partial charge < -0.3 is 15.8 Å². The summed E-state index contributed by atoms with van der Waals surface area (Å²) in [5, 5.41) is 2.76. The SMILES string of the molecule is CSCC[C@H](N)C(=O)Nc1ccc(Oc2ccc(C)cc2)nc1. The second kappa shape index (κ2) is 8.55. The fourth-order valence-electron chi connectivity index (χ4n) is 1.85. The van der Waals surface area contributed by atoms with Crippen LogP contribution >= 0.6 is 11.8 Å². The number of carbonyl (C=O) groups excluding carboxylic acids is 1. The molecule has 0 unspecified atom stereocenters. The smallest absolute Gasteiger partial charge is 0.241 e. The number of nitrogens with one attached hydrogen (secondary N) is 1. The van der Waals surface area contributed by atoms with Gasteiger partial charge in [-0.1, -0.05) is 17.7 Å². The molecule has 0 fully saturated rings. The Morgan fingerprint density at radius 2 is 2.04 bits per heavy atom. The predicted molar refractivity (Wildman–Crippen MR) is 95.1 cm³/mol. The van der Waals surface area contributed by atoms with Crippen LogP contribution in [0.15, 0.2) is 42.6 Å². The Hall–Kier alpha value is -2.05. The zero-order valence-corrected chi connectivity index (χ0v) is 14.1. The Morgan fingerprint density at radius 1 is 1.30 bits per heavy atom. The van der Waals surface area contributed by atoms with E-state index < -0.39 is 6.04 Å². The molecule has 5 nitrogen and oxygen atoms in total. The first kappa shape index (κ1) is 17.3. The van der Waals surface area contributed by atoms with Gasteiger partial charge in [0.1, 0.15) is 5.75 Å². The number of thioether (sulfide) groups is 1. The largest absolute Gasteiger partial charge is 0.439 e. The monoisotopic (exact) mass is 331 g/mol. The molecule has 6 heteroatoms. The van der Waals surface area contributed by atoms with Crippen LogP contribution < -0.4 is 15.8 Å². The fraction of sp³-hybridized carbons (Fsp3) is 0.294. The average molecular weight is 331 g/mol. The maximum absolute atomic E-state index is 11.9. The number of benzene rings is 1. The van der Waals surface area contributed by atoms with Crippen molar-refractivity contribution in [1.29, 1.82) is 0 Å². The lowest BCUT2D eigenvalue weighted by Crippen LogP contribution is -2.36. The maximum Gasteiger partial charge on any atom is 0.241 e. The molecule has 0 aliphatic rings. The number of hydrogen-bond donors (Lipinski definition) is 2. The number of hydrogen-bond acceptors (Lipinski definition) is 5. The third kappa shape index (κ3) is 5.58. The Morgan fingerprint density at radius 3 is 2.65 bits per heavy atom. The summed E-state index contributed by atoms with van der Waals surface area (Å²) in [7, 11) is 0. The quantitative estimate of drug-likeness (QED) is 0.814. The van der Waals surface area contributed by atoms with E-state index >= 15 is 0 Å². The summed E-state index contributed by atoms with van der Waals surface area (Å²) < 4.78 is 5.64. The molecule has 2 rings (SSSR count). The molecule has 1 heterocycles. The van der Waals surface area contributed by atoms with Crippen LogP contribution in [-0.4, -0.2) is 28.9 Å². The van der Waals surface area contributed by atoms with E-state index in [9.17, 15) is 4.79 Å². The molecule has 0 spiro atoms. The van der Waals surface area contributed by atoms with Gasteiger partial charge in [-0.2, -0.15) is 11.8 Å². The average Bonchev–Trinajstić information content (AvgIpc) is 2.56. The number of amides is 1. The van der Waals surface area contributed by atoms with Crippen molar-refractivity contribution in [2.75, 3.05) is 17.3 Å². The summed E-state index contributed by atoms with van der Waals surface area (Å²) in [6.45, 7) is 2.02. The van der Waals surface area contributed by atoms with Crippen molar-refractivity contribution in [3.05, 3.63) is 48.2 Å². The molecular weight excluding hydrogens is 310 g/mol. The van der Waals surface area contributed by atoms with E-state index in [0.29, 0.717) is 18.0 Å². The number of carbonyl (C=O) groups is 1. The highest BCUT2D eigenvalue weighted by Gasteiger charge is 2.13. The molecule has 0 radical (unpaired) electrons. The molecule has 0 saturated heterocycles. The van der Waals surface area contributed by atoms with Gasteiger partial charge >= 0.3 is 0 Å². The number of nitrogens with zero attached hydrogens (tertiary/aromatic N) is 1. The molecule has 23 heavy (non-hydrogen) atoms. The standard InChI is InChI=1S/C17H21N3O2S/c1-12-3-6-14(7-4-12)22-16-8-5-13(11-19-16)20-17(21)15(18)9-10-23-2/h3-8,11,15H,9-10,18H2,1-2H3,(H,20,21)/t15-/m0/s1. The molecule has 1 atom stereocenters. The van der Waals surface area contributed by atoms with Crippen LogP contribution in [0.3, 0.4) is 0 Å². The molecular formula is C17H21N3O2S. The zero-order chi connectivity index (χ0) is 16.7. The van der Waals surface area contributed by atoms with Gasteiger partial charge in [0.05, 0.1) is 17.9 Å². The molecule has 1 aromatic heterocycles. The molecule has 2 aromatic rings. The van der Waals surface area contributed by atoms with Crippen molar-refractivity contribution < 1.29 is 9.53 Å². The number of aromatic nitrogens is 1. The van der Waals surface area contributed by atoms with Gasteiger partial charge in [-0.25, -0.2) is 4.98 Å². The van der Waals surface area contributed by atoms with Gasteiger partial charge in [0, 0.05) is 6.07 Å². The van der Waals surface area contributed by atoms with E-state index in [1.807, 2.05) is 37.4 Å². The number of ether oxygens (including phenoxy) is 1. The van der Waals surface area contributed by atoms with Crippen LogP contribution in [0.25, 0.3) is 0 Å². The van der Waals surface area contributed by atoms with Crippen molar-refractivity contribution >= 4 is 23.4 Å². The number of anilines is 1. The summed E-state index contributed by atoms with van der Waals surface area (Å²) in [4.78, 5) is 16.1. The number of pyridine rings is 1. The summed E-state index contributed by atoms with van der Waals surface area (Å²) in [6, 6.07) is 10.7. The minimum Gasteiger partial charge on any atom is -0.439 e. The van der Waals surface area contributed by atoms with Gasteiger partial charge in [-0.3, -0.25) is 4.79 Å². The number of nitrogens with two attached hydrogens (primary N) is 1. The zero-order valence-electron chi connectivity index (χ0n) is 13.3. The summed E-state index contributed by atoms with van der Waals surface area (Å²) in [6.07, 6.45) is 4.19. The number of rotatable bonds is 7. The van der Waals surface area contributed by atoms with E-state index in [4.69, 9.17) is 10.5 Å². The van der Waals surface area contributed by atoms with Crippen LogP contribution in [0.5, 0.6) is 11.6 Å². The Balaban J connectivity index is 1.91. The minimum absolute atomic E-state index is 0.201. The maximum atomic E-state index is 11.9. The van der Waals surface area contributed by atoms with Crippen LogP contribution in [0.1, 0.15) is 12.0 Å². The Labute approximate surface area is 140 Å². The third-order valence-corrected chi connectivity index (χ3v) is 3.86. The third-order valence-electron chi connectivity index (χ3n) is 3.22. The normalized spacial score (nSPS) is 11.8. The van der Waals surface area contributed by atoms with E-state index in [-0.39, 0.29) is 5.91 Å². The molecule has 0 aliphatic carbocycles. The van der Waals surface area contributed by atoms with Crippen LogP contribution in [0.2, 0.25) is 0 Å². The first-order chi connectivity index (χ1) is 11.1. The molecule has 122 valence electrons. The first-order valence-electron chi connectivity index (χ1n) is 7.34. The van der Waals surface area contributed by atoms with Crippen molar-refractivity contribution in [3.8, 4) is 11.6 Å². The lowest BCUT2D eigenvalue weighted by molar-refractivity contribution is -0.117. The van der Waals surface area contributed by atoms with Crippen LogP contribution in [0.4, 0.5) is 5.69 Å². The molecule has 0 aliphatic heterocycles. The van der Waals surface area contributed by atoms with Crippen molar-refractivity contribution in [1.82, 2.24) is 4.98 Å². The highest BCUT2D eigenvalue weighted by atomic mass is 32.2. The van der Waals surface area contributed by atoms with Crippen molar-refractivity contribution in [3.63, 3.8) is 0 Å². The van der Waals surface area contributed by atoms with E-state index in [1.54, 1.807) is 30.1 Å². The summed E-state index contributed by atoms with van der Waals surface area (Å²) >= 11 is 1.67. The van der Waals surface area contributed by atoms with E-state index in [2.05, 4.69) is 10.3 Å². The molecule has 0 saturated carbocycles. The van der Waals surface area contributed by atoms with Crippen molar-refractivity contribution in [2.45, 2.75) is 19.4 Å². The van der Waals surface area contributed by atoms with Crippen molar-refractivity contribution in [2.24, 2.45) is 5.73 Å². The fourth-order valence-corrected chi connectivity index (χ4v) is 2.34. The predicted octanol–water partition coefficient (Wildman–Crippen LogP) is 3.20. The molecule has 0 bridgehead atoms. The minimum atomic E-state index is -0.508. The van der Waals surface area contributed by atoms with Gasteiger partial charge in [-0.15, -0.1) is 0 Å². The van der Waals surface area contributed by atoms with Gasteiger partial charge in [0.2, 0.25) is 11.8 Å². The number of aryl methyl sites for hydroxylation is 1. The lowest BCUT2D eigenvalue weighted by atomic mass is 10.2. The molecule has 1 amide bonds. The molecule has 1 aromatic carbocycles. The summed E-state index contributed by atoms with van der Waals surface area (Å²) in [5.74, 6) is 1.85. The Kier molecular flexibility index (Phi) is 6.43.